The van der Waals surface area contributed by atoms with E-state index in [4.69, 9.17) is 4.74 Å². The summed E-state index contributed by atoms with van der Waals surface area (Å²) < 4.78 is 5.78. The summed E-state index contributed by atoms with van der Waals surface area (Å²) in [5.41, 5.74) is 1.60. The predicted octanol–water partition coefficient (Wildman–Crippen LogP) is 3.70. The van der Waals surface area contributed by atoms with Gasteiger partial charge in [-0.1, -0.05) is 6.07 Å². The lowest BCUT2D eigenvalue weighted by atomic mass is 10.0. The third-order valence-electron chi connectivity index (χ3n) is 4.32. The average molecular weight is 418 g/mol. The van der Waals surface area contributed by atoms with Gasteiger partial charge in [0.05, 0.1) is 10.7 Å². The molecule has 0 radical (unpaired) electrons. The maximum atomic E-state index is 12.7. The Bertz CT molecular complexity index is 703. The Morgan fingerprint density at radius 1 is 1.35 bits per heavy atom. The van der Waals surface area contributed by atoms with Gasteiger partial charge in [-0.2, -0.15) is 0 Å². The first-order valence-corrected chi connectivity index (χ1v) is 9.14. The topological polar surface area (TPSA) is 54.5 Å². The van der Waals surface area contributed by atoms with E-state index in [2.05, 4.69) is 10.3 Å². The summed E-state index contributed by atoms with van der Waals surface area (Å²) in [5, 5.41) is 6.31. The Morgan fingerprint density at radius 3 is 2.69 bits per heavy atom. The minimum atomic E-state index is 0. The van der Waals surface area contributed by atoms with Crippen LogP contribution < -0.4 is 10.1 Å². The molecule has 26 heavy (non-hydrogen) atoms. The molecule has 1 amide bonds. The van der Waals surface area contributed by atoms with Gasteiger partial charge in [-0.25, -0.2) is 4.98 Å². The molecule has 0 bridgehead atoms. The molecule has 0 atom stereocenters. The zero-order valence-electron chi connectivity index (χ0n) is 14.9. The van der Waals surface area contributed by atoms with Crippen LogP contribution in [0.2, 0.25) is 0 Å². The van der Waals surface area contributed by atoms with Crippen LogP contribution in [-0.4, -0.2) is 42.0 Å². The number of nitrogens with one attached hydrogen (secondary N) is 1. The zero-order chi connectivity index (χ0) is 16.9. The number of aryl methyl sites for hydroxylation is 1. The molecule has 2 aromatic rings. The number of carbonyl (C=O) groups excluding carboxylic acids is 1. The number of aromatic nitrogens is 1. The second kappa shape index (κ2) is 10.7. The van der Waals surface area contributed by atoms with E-state index in [1.54, 1.807) is 11.3 Å². The Morgan fingerprint density at radius 2 is 2.08 bits per heavy atom. The van der Waals surface area contributed by atoms with Gasteiger partial charge >= 0.3 is 0 Å². The van der Waals surface area contributed by atoms with Crippen LogP contribution in [0.5, 0.6) is 5.75 Å². The molecule has 0 saturated carbocycles. The van der Waals surface area contributed by atoms with E-state index in [1.807, 2.05) is 48.5 Å². The fourth-order valence-corrected chi connectivity index (χ4v) is 3.50. The van der Waals surface area contributed by atoms with E-state index < -0.39 is 0 Å². The number of ether oxygens (including phenoxy) is 1. The average Bonchev–Trinajstić information content (AvgIpc) is 3.05. The van der Waals surface area contributed by atoms with Crippen molar-refractivity contribution in [1.82, 2.24) is 15.2 Å². The summed E-state index contributed by atoms with van der Waals surface area (Å²) >= 11 is 1.61. The highest BCUT2D eigenvalue weighted by molar-refractivity contribution is 7.09. The second-order valence-corrected chi connectivity index (χ2v) is 7.09. The monoisotopic (exact) mass is 417 g/mol. The van der Waals surface area contributed by atoms with Gasteiger partial charge in [0, 0.05) is 30.1 Å². The summed E-state index contributed by atoms with van der Waals surface area (Å²) in [6, 6.07) is 7.95. The van der Waals surface area contributed by atoms with Gasteiger partial charge in [-0.05, 0) is 45.0 Å². The molecule has 1 aromatic heterocycles. The van der Waals surface area contributed by atoms with E-state index >= 15 is 0 Å². The number of amides is 1. The molecule has 0 aliphatic carbocycles. The summed E-state index contributed by atoms with van der Waals surface area (Å²) in [6.07, 6.45) is 2.00. The first kappa shape index (κ1) is 22.7. The highest BCUT2D eigenvalue weighted by Crippen LogP contribution is 2.19. The molecule has 1 aliphatic heterocycles. The van der Waals surface area contributed by atoms with Crippen LogP contribution in [0.25, 0.3) is 0 Å². The van der Waals surface area contributed by atoms with Crippen molar-refractivity contribution in [2.24, 2.45) is 0 Å². The van der Waals surface area contributed by atoms with E-state index in [9.17, 15) is 4.79 Å². The fourth-order valence-electron chi connectivity index (χ4n) is 2.90. The third-order valence-corrected chi connectivity index (χ3v) is 5.15. The van der Waals surface area contributed by atoms with Crippen molar-refractivity contribution in [1.29, 1.82) is 0 Å². The number of hydrogen-bond acceptors (Lipinski definition) is 5. The highest BCUT2D eigenvalue weighted by Gasteiger charge is 2.22. The van der Waals surface area contributed by atoms with Gasteiger partial charge in [0.15, 0.2) is 0 Å². The number of piperidine rings is 1. The van der Waals surface area contributed by atoms with Crippen molar-refractivity contribution in [2.75, 3.05) is 20.1 Å². The van der Waals surface area contributed by atoms with Crippen LogP contribution in [0.3, 0.4) is 0 Å². The van der Waals surface area contributed by atoms with Gasteiger partial charge < -0.3 is 15.0 Å². The number of carbonyl (C=O) groups is 1. The largest absolute Gasteiger partial charge is 0.487 e. The minimum absolute atomic E-state index is 0. The summed E-state index contributed by atoms with van der Waals surface area (Å²) in [7, 11) is 1.98. The maximum absolute atomic E-state index is 12.7. The second-order valence-electron chi connectivity index (χ2n) is 6.03. The number of benzene rings is 1. The van der Waals surface area contributed by atoms with Crippen LogP contribution in [0.15, 0.2) is 29.6 Å². The molecule has 5 nitrogen and oxygen atoms in total. The molecular formula is C18H25Cl2N3O2S. The lowest BCUT2D eigenvalue weighted by Gasteiger charge is -2.31. The smallest absolute Gasteiger partial charge is 0.253 e. The van der Waals surface area contributed by atoms with Crippen LogP contribution in [0.1, 0.15) is 33.9 Å². The van der Waals surface area contributed by atoms with Crippen molar-refractivity contribution in [2.45, 2.75) is 32.4 Å². The molecule has 3 rings (SSSR count). The van der Waals surface area contributed by atoms with E-state index in [0.29, 0.717) is 24.0 Å². The maximum Gasteiger partial charge on any atom is 0.253 e. The van der Waals surface area contributed by atoms with Crippen molar-refractivity contribution in [3.05, 3.63) is 45.9 Å². The van der Waals surface area contributed by atoms with Gasteiger partial charge in [-0.15, -0.1) is 36.2 Å². The van der Waals surface area contributed by atoms with E-state index in [1.165, 1.54) is 0 Å². The van der Waals surface area contributed by atoms with Gasteiger partial charge in [0.2, 0.25) is 0 Å². The summed E-state index contributed by atoms with van der Waals surface area (Å²) in [6.45, 7) is 4.00. The first-order chi connectivity index (χ1) is 11.7. The van der Waals surface area contributed by atoms with Gasteiger partial charge in [0.25, 0.3) is 5.91 Å². The van der Waals surface area contributed by atoms with E-state index in [0.717, 1.165) is 36.6 Å². The molecule has 1 N–H and O–H groups in total. The van der Waals surface area contributed by atoms with Gasteiger partial charge in [0.1, 0.15) is 12.4 Å². The quantitative estimate of drug-likeness (QED) is 0.805. The Hall–Kier alpha value is -1.34. The van der Waals surface area contributed by atoms with Crippen molar-refractivity contribution in [3.8, 4) is 5.75 Å². The minimum Gasteiger partial charge on any atom is -0.487 e. The lowest BCUT2D eigenvalue weighted by Crippen LogP contribution is -2.43. The number of hydrogen-bond donors (Lipinski definition) is 1. The van der Waals surface area contributed by atoms with Gasteiger partial charge in [-0.3, -0.25) is 4.79 Å². The molecule has 0 spiro atoms. The first-order valence-electron chi connectivity index (χ1n) is 8.26. The van der Waals surface area contributed by atoms with Crippen molar-refractivity contribution >= 4 is 42.1 Å². The third kappa shape index (κ3) is 5.84. The van der Waals surface area contributed by atoms with Crippen LogP contribution in [0, 0.1) is 6.92 Å². The number of halogens is 2. The molecule has 0 unspecified atom stereocenters. The van der Waals surface area contributed by atoms with Crippen LogP contribution in [-0.2, 0) is 6.61 Å². The molecule has 1 fully saturated rings. The van der Waals surface area contributed by atoms with Crippen molar-refractivity contribution < 1.29 is 9.53 Å². The van der Waals surface area contributed by atoms with E-state index in [-0.39, 0.29) is 30.7 Å². The standard InChI is InChI=1S/C18H23N3O2S.2ClH/c1-13-20-16(12-24-13)11-23-17-5-3-4-14(10-17)18(22)21-8-6-15(19-2)7-9-21;;/h3-5,10,12,15,19H,6-9,11H2,1-2H3;2*1H. The number of rotatable bonds is 5. The molecule has 1 aromatic carbocycles. The Balaban J connectivity index is 0.00000169. The predicted molar refractivity (Wildman–Crippen MR) is 110 cm³/mol. The SMILES string of the molecule is CNC1CCN(C(=O)c2cccc(OCc3csc(C)n3)c2)CC1.Cl.Cl. The molecule has 2 heterocycles. The molecular weight excluding hydrogens is 393 g/mol. The Kier molecular flexibility index (Phi) is 9.36. The van der Waals surface area contributed by atoms with Crippen LogP contribution >= 0.6 is 36.2 Å². The highest BCUT2D eigenvalue weighted by atomic mass is 35.5. The molecule has 144 valence electrons. The molecule has 8 heteroatoms. The molecule has 1 saturated heterocycles. The number of thiazole rings is 1. The fraction of sp³-hybridized carbons (Fsp3) is 0.444. The van der Waals surface area contributed by atoms with Crippen LogP contribution in [0.4, 0.5) is 0 Å². The van der Waals surface area contributed by atoms with Crippen molar-refractivity contribution in [3.63, 3.8) is 0 Å². The summed E-state index contributed by atoms with van der Waals surface area (Å²) in [5.74, 6) is 0.788. The normalized spacial score (nSPS) is 14.3. The Labute approximate surface area is 171 Å². The molecule has 1 aliphatic rings. The number of likely N-dealkylation sites (tertiary alicyclic amines) is 1. The number of nitrogens with zero attached hydrogens (tertiary/aromatic N) is 2. The zero-order valence-corrected chi connectivity index (χ0v) is 17.4. The lowest BCUT2D eigenvalue weighted by molar-refractivity contribution is 0.0707. The summed E-state index contributed by atoms with van der Waals surface area (Å²) in [4.78, 5) is 19.0.